The van der Waals surface area contributed by atoms with Gasteiger partial charge in [0.15, 0.2) is 0 Å². The van der Waals surface area contributed by atoms with Crippen molar-refractivity contribution >= 4 is 29.4 Å². The van der Waals surface area contributed by atoms with E-state index in [9.17, 15) is 19.6 Å². The minimum Gasteiger partial charge on any atom is -0.466 e. The number of aryl methyl sites for hydroxylation is 1. The van der Waals surface area contributed by atoms with Crippen LogP contribution in [0.1, 0.15) is 30.9 Å². The molecule has 9 heteroatoms. The van der Waals surface area contributed by atoms with E-state index in [1.54, 1.807) is 19.2 Å². The minimum atomic E-state index is -0.592. The van der Waals surface area contributed by atoms with Crippen LogP contribution in [-0.4, -0.2) is 48.0 Å². The van der Waals surface area contributed by atoms with Gasteiger partial charge in [0.2, 0.25) is 0 Å². The van der Waals surface area contributed by atoms with Crippen molar-refractivity contribution in [1.82, 2.24) is 14.7 Å². The summed E-state index contributed by atoms with van der Waals surface area (Å²) in [4.78, 5) is 44.3. The van der Waals surface area contributed by atoms with Crippen molar-refractivity contribution in [3.05, 3.63) is 45.4 Å². The fraction of sp³-hybridized carbons (Fsp3) is 0.409. The van der Waals surface area contributed by atoms with Gasteiger partial charge in [-0.15, -0.1) is 0 Å². The molecule has 0 bridgehead atoms. The zero-order chi connectivity index (χ0) is 22.5. The molecule has 1 aliphatic heterocycles. The van der Waals surface area contributed by atoms with Crippen LogP contribution in [0.2, 0.25) is 0 Å². The van der Waals surface area contributed by atoms with Crippen LogP contribution in [0.15, 0.2) is 28.7 Å². The van der Waals surface area contributed by atoms with Crippen LogP contribution in [-0.2, 0) is 14.3 Å². The highest BCUT2D eigenvalue weighted by molar-refractivity contribution is 6.02. The SMILES string of the molecule is CCOC(=O)C1CCCN(c2nc3c(C)cccn3c(=O)c2C=C(C#N)C(=O)NC)C1. The Kier molecular flexibility index (Phi) is 6.70. The van der Waals surface area contributed by atoms with Crippen molar-refractivity contribution in [1.29, 1.82) is 5.26 Å². The average molecular weight is 423 g/mol. The number of carbonyl (C=O) groups is 2. The van der Waals surface area contributed by atoms with Crippen molar-refractivity contribution < 1.29 is 14.3 Å². The minimum absolute atomic E-state index is 0.132. The summed E-state index contributed by atoms with van der Waals surface area (Å²) in [7, 11) is 1.41. The van der Waals surface area contributed by atoms with Crippen LogP contribution in [0.5, 0.6) is 0 Å². The maximum absolute atomic E-state index is 13.3. The highest BCUT2D eigenvalue weighted by atomic mass is 16.5. The molecular formula is C22H25N5O4. The molecule has 162 valence electrons. The number of hydrogen-bond acceptors (Lipinski definition) is 7. The van der Waals surface area contributed by atoms with Gasteiger partial charge in [-0.05, 0) is 44.4 Å². The molecule has 31 heavy (non-hydrogen) atoms. The van der Waals surface area contributed by atoms with Gasteiger partial charge in [-0.3, -0.25) is 18.8 Å². The van der Waals surface area contributed by atoms with Crippen molar-refractivity contribution in [3.8, 4) is 6.07 Å². The molecule has 9 nitrogen and oxygen atoms in total. The summed E-state index contributed by atoms with van der Waals surface area (Å²) in [6.45, 7) is 4.85. The van der Waals surface area contributed by atoms with Gasteiger partial charge < -0.3 is 15.0 Å². The molecule has 0 saturated carbocycles. The number of nitriles is 1. The van der Waals surface area contributed by atoms with Crippen molar-refractivity contribution in [3.63, 3.8) is 0 Å². The summed E-state index contributed by atoms with van der Waals surface area (Å²) in [5, 5.41) is 11.8. The van der Waals surface area contributed by atoms with E-state index < -0.39 is 11.5 Å². The number of pyridine rings is 1. The van der Waals surface area contributed by atoms with Gasteiger partial charge in [0, 0.05) is 26.3 Å². The van der Waals surface area contributed by atoms with E-state index in [0.717, 1.165) is 12.0 Å². The van der Waals surface area contributed by atoms with Gasteiger partial charge in [0.05, 0.1) is 18.1 Å². The highest BCUT2D eigenvalue weighted by Gasteiger charge is 2.30. The zero-order valence-electron chi connectivity index (χ0n) is 17.8. The summed E-state index contributed by atoms with van der Waals surface area (Å²) in [5.41, 5.74) is 0.832. The van der Waals surface area contributed by atoms with Crippen LogP contribution >= 0.6 is 0 Å². The third-order valence-corrected chi connectivity index (χ3v) is 5.29. The van der Waals surface area contributed by atoms with Gasteiger partial charge in [-0.25, -0.2) is 4.98 Å². The molecule has 0 spiro atoms. The molecule has 1 aliphatic rings. The number of rotatable bonds is 5. The summed E-state index contributed by atoms with van der Waals surface area (Å²) < 4.78 is 6.58. The fourth-order valence-electron chi connectivity index (χ4n) is 3.72. The molecule has 0 aliphatic carbocycles. The molecule has 3 rings (SSSR count). The summed E-state index contributed by atoms with van der Waals surface area (Å²) >= 11 is 0. The first-order valence-electron chi connectivity index (χ1n) is 10.2. The number of nitrogens with one attached hydrogen (secondary N) is 1. The van der Waals surface area contributed by atoms with Crippen LogP contribution in [0.25, 0.3) is 11.7 Å². The number of amides is 1. The van der Waals surface area contributed by atoms with E-state index in [-0.39, 0.29) is 23.0 Å². The predicted octanol–water partition coefficient (Wildman–Crippen LogP) is 1.44. The lowest BCUT2D eigenvalue weighted by molar-refractivity contribution is -0.148. The van der Waals surface area contributed by atoms with Gasteiger partial charge in [0.1, 0.15) is 23.1 Å². The third-order valence-electron chi connectivity index (χ3n) is 5.29. The number of nitrogens with zero attached hydrogens (tertiary/aromatic N) is 4. The van der Waals surface area contributed by atoms with Crippen molar-refractivity contribution in [2.45, 2.75) is 26.7 Å². The largest absolute Gasteiger partial charge is 0.466 e. The van der Waals surface area contributed by atoms with Crippen LogP contribution in [0, 0.1) is 24.2 Å². The topological polar surface area (TPSA) is 117 Å². The summed E-state index contributed by atoms with van der Waals surface area (Å²) in [6, 6.07) is 5.43. The second-order valence-corrected chi connectivity index (χ2v) is 7.33. The molecule has 1 saturated heterocycles. The number of piperidine rings is 1. The molecule has 1 fully saturated rings. The predicted molar refractivity (Wildman–Crippen MR) is 115 cm³/mol. The summed E-state index contributed by atoms with van der Waals surface area (Å²) in [6.07, 6.45) is 4.28. The van der Waals surface area contributed by atoms with E-state index >= 15 is 0 Å². The monoisotopic (exact) mass is 423 g/mol. The Morgan fingerprint density at radius 3 is 2.90 bits per heavy atom. The van der Waals surface area contributed by atoms with Crippen molar-refractivity contribution in [2.24, 2.45) is 5.92 Å². The molecule has 1 atom stereocenters. The molecule has 3 heterocycles. The Balaban J connectivity index is 2.19. The Bertz CT molecular complexity index is 1150. The van der Waals surface area contributed by atoms with Crippen LogP contribution < -0.4 is 15.8 Å². The number of hydrogen-bond donors (Lipinski definition) is 1. The number of likely N-dealkylation sites (N-methyl/N-ethyl adjacent to an activating group) is 1. The van der Waals surface area contributed by atoms with Gasteiger partial charge in [-0.1, -0.05) is 6.07 Å². The maximum Gasteiger partial charge on any atom is 0.310 e. The molecule has 0 aromatic carbocycles. The lowest BCUT2D eigenvalue weighted by Gasteiger charge is -2.33. The Morgan fingerprint density at radius 2 is 2.23 bits per heavy atom. The van der Waals surface area contributed by atoms with E-state index in [2.05, 4.69) is 5.32 Å². The number of anilines is 1. The van der Waals surface area contributed by atoms with Gasteiger partial charge >= 0.3 is 5.97 Å². The first kappa shape index (κ1) is 22.0. The molecule has 0 radical (unpaired) electrons. The first-order chi connectivity index (χ1) is 14.9. The van der Waals surface area contributed by atoms with E-state index in [0.29, 0.717) is 37.6 Å². The van der Waals surface area contributed by atoms with E-state index in [1.807, 2.05) is 24.0 Å². The first-order valence-corrected chi connectivity index (χ1v) is 10.2. The van der Waals surface area contributed by atoms with Crippen LogP contribution in [0.3, 0.4) is 0 Å². The van der Waals surface area contributed by atoms with Crippen molar-refractivity contribution in [2.75, 3.05) is 31.6 Å². The van der Waals surface area contributed by atoms with E-state index in [4.69, 9.17) is 9.72 Å². The van der Waals surface area contributed by atoms with E-state index in [1.165, 1.54) is 17.5 Å². The molecular weight excluding hydrogens is 398 g/mol. The van der Waals surface area contributed by atoms with Crippen LogP contribution in [0.4, 0.5) is 5.82 Å². The third kappa shape index (κ3) is 4.43. The summed E-state index contributed by atoms with van der Waals surface area (Å²) in [5.74, 6) is -0.853. The number of carbonyl (C=O) groups excluding carboxylic acids is 2. The van der Waals surface area contributed by atoms with Gasteiger partial charge in [0.25, 0.3) is 11.5 Å². The zero-order valence-corrected chi connectivity index (χ0v) is 17.8. The molecule has 2 aromatic rings. The second kappa shape index (κ2) is 9.43. The standard InChI is InChI=1S/C22H25N5O4/c1-4-31-22(30)15-8-6-9-26(13-15)19-17(11-16(12-23)20(28)24-3)21(29)27-10-5-7-14(2)18(27)25-19/h5,7,10-11,15H,4,6,8-9,13H2,1-3H3,(H,24,28). The Hall–Kier alpha value is -3.67. The maximum atomic E-state index is 13.3. The highest BCUT2D eigenvalue weighted by Crippen LogP contribution is 2.26. The number of fused-ring (bicyclic) bond motifs is 1. The second-order valence-electron chi connectivity index (χ2n) is 7.33. The normalized spacial score (nSPS) is 16.6. The fourth-order valence-corrected chi connectivity index (χ4v) is 3.72. The molecule has 1 amide bonds. The lowest BCUT2D eigenvalue weighted by Crippen LogP contribution is -2.41. The lowest BCUT2D eigenvalue weighted by atomic mass is 9.97. The smallest absolute Gasteiger partial charge is 0.310 e. The Morgan fingerprint density at radius 1 is 1.45 bits per heavy atom. The molecule has 2 aromatic heterocycles. The number of ether oxygens (including phenoxy) is 1. The number of esters is 1. The molecule has 1 N–H and O–H groups in total. The Labute approximate surface area is 179 Å². The van der Waals surface area contributed by atoms with Gasteiger partial charge in [-0.2, -0.15) is 5.26 Å². The molecule has 1 unspecified atom stereocenters. The number of aromatic nitrogens is 2. The average Bonchev–Trinajstić information content (AvgIpc) is 2.78. The quantitative estimate of drug-likeness (QED) is 0.439.